The molecule has 1 N–H and O–H groups in total. The van der Waals surface area contributed by atoms with Crippen LogP contribution in [-0.4, -0.2) is 24.7 Å². The highest BCUT2D eigenvalue weighted by Gasteiger charge is 2.31. The molecule has 0 aromatic rings. The second-order valence-electron chi connectivity index (χ2n) is 3.20. The maximum atomic E-state index is 10.9. The Hall–Kier alpha value is -0.570. The van der Waals surface area contributed by atoms with Crippen LogP contribution in [0.1, 0.15) is 26.7 Å². The Labute approximate surface area is 67.1 Å². The number of nitrogens with one attached hydrogen (secondary N) is 1. The van der Waals surface area contributed by atoms with Gasteiger partial charge < -0.3 is 10.1 Å². The number of rotatable bonds is 2. The second kappa shape index (κ2) is 3.22. The molecule has 1 atom stereocenters. The van der Waals surface area contributed by atoms with Gasteiger partial charge in [0.1, 0.15) is 5.60 Å². The lowest BCUT2D eigenvalue weighted by atomic mass is 10.1. The number of esters is 1. The van der Waals surface area contributed by atoms with Gasteiger partial charge in [-0.05, 0) is 13.5 Å². The molecule has 11 heavy (non-hydrogen) atoms. The number of ether oxygens (including phenoxy) is 1. The molecule has 1 unspecified atom stereocenters. The van der Waals surface area contributed by atoms with Gasteiger partial charge in [0.05, 0.1) is 0 Å². The predicted octanol–water partition coefficient (Wildman–Crippen LogP) is 0.692. The van der Waals surface area contributed by atoms with Gasteiger partial charge in [0, 0.05) is 19.4 Å². The molecular formula is C8H15NO2. The fraction of sp³-hybridized carbons (Fsp3) is 0.875. The Kier molecular flexibility index (Phi) is 2.49. The number of hydrogen-bond donors (Lipinski definition) is 1. The normalized spacial score (nSPS) is 30.4. The van der Waals surface area contributed by atoms with E-state index in [9.17, 15) is 4.79 Å². The average Bonchev–Trinajstić information content (AvgIpc) is 2.36. The summed E-state index contributed by atoms with van der Waals surface area (Å²) in [6, 6.07) is 0. The Bertz CT molecular complexity index is 150. The molecule has 0 amide bonds. The van der Waals surface area contributed by atoms with Crippen LogP contribution in [0.25, 0.3) is 0 Å². The van der Waals surface area contributed by atoms with Gasteiger partial charge in [-0.25, -0.2) is 0 Å². The van der Waals surface area contributed by atoms with Crippen LogP contribution >= 0.6 is 0 Å². The highest BCUT2D eigenvalue weighted by Crippen LogP contribution is 2.18. The minimum absolute atomic E-state index is 0.101. The van der Waals surface area contributed by atoms with Gasteiger partial charge in [-0.1, -0.05) is 6.92 Å². The smallest absolute Gasteiger partial charge is 0.306 e. The van der Waals surface area contributed by atoms with Gasteiger partial charge in [-0.15, -0.1) is 0 Å². The highest BCUT2D eigenvalue weighted by atomic mass is 16.6. The first kappa shape index (κ1) is 8.53. The Morgan fingerprint density at radius 1 is 1.73 bits per heavy atom. The largest absolute Gasteiger partial charge is 0.458 e. The third kappa shape index (κ3) is 2.19. The summed E-state index contributed by atoms with van der Waals surface area (Å²) in [5.74, 6) is -0.101. The van der Waals surface area contributed by atoms with Crippen molar-refractivity contribution in [1.82, 2.24) is 5.32 Å². The van der Waals surface area contributed by atoms with Crippen molar-refractivity contribution in [1.29, 1.82) is 0 Å². The van der Waals surface area contributed by atoms with Crippen molar-refractivity contribution in [2.24, 2.45) is 0 Å². The lowest BCUT2D eigenvalue weighted by Gasteiger charge is -2.22. The molecule has 1 rings (SSSR count). The van der Waals surface area contributed by atoms with Crippen molar-refractivity contribution in [3.05, 3.63) is 0 Å². The van der Waals surface area contributed by atoms with Crippen molar-refractivity contribution in [3.63, 3.8) is 0 Å². The van der Waals surface area contributed by atoms with Crippen molar-refractivity contribution in [2.75, 3.05) is 13.1 Å². The zero-order chi connectivity index (χ0) is 8.32. The third-order valence-electron chi connectivity index (χ3n) is 1.98. The van der Waals surface area contributed by atoms with Crippen molar-refractivity contribution in [3.8, 4) is 0 Å². The SMILES string of the molecule is CCC(=O)OC1(C)CCNC1. The fourth-order valence-corrected chi connectivity index (χ4v) is 1.23. The van der Waals surface area contributed by atoms with Crippen LogP contribution in [-0.2, 0) is 9.53 Å². The van der Waals surface area contributed by atoms with Gasteiger partial charge in [0.15, 0.2) is 0 Å². The summed E-state index contributed by atoms with van der Waals surface area (Å²) >= 11 is 0. The van der Waals surface area contributed by atoms with Crippen LogP contribution in [0.15, 0.2) is 0 Å². The van der Waals surface area contributed by atoms with Gasteiger partial charge in [0.25, 0.3) is 0 Å². The van der Waals surface area contributed by atoms with E-state index in [2.05, 4.69) is 5.32 Å². The monoisotopic (exact) mass is 157 g/mol. The molecule has 3 nitrogen and oxygen atoms in total. The lowest BCUT2D eigenvalue weighted by Crippen LogP contribution is -2.33. The van der Waals surface area contributed by atoms with E-state index in [1.165, 1.54) is 0 Å². The van der Waals surface area contributed by atoms with Gasteiger partial charge in [-0.2, -0.15) is 0 Å². The molecule has 1 saturated heterocycles. The van der Waals surface area contributed by atoms with Gasteiger partial charge >= 0.3 is 5.97 Å². The summed E-state index contributed by atoms with van der Waals surface area (Å²) < 4.78 is 5.25. The van der Waals surface area contributed by atoms with Crippen LogP contribution in [0.3, 0.4) is 0 Å². The quantitative estimate of drug-likeness (QED) is 0.599. The topological polar surface area (TPSA) is 38.3 Å². The summed E-state index contributed by atoms with van der Waals surface area (Å²) in [5, 5.41) is 3.17. The summed E-state index contributed by atoms with van der Waals surface area (Å²) in [6.07, 6.45) is 1.40. The summed E-state index contributed by atoms with van der Waals surface area (Å²) in [5.41, 5.74) is -0.243. The number of carbonyl (C=O) groups excluding carboxylic acids is 1. The molecule has 0 aromatic carbocycles. The van der Waals surface area contributed by atoms with E-state index in [4.69, 9.17) is 4.74 Å². The summed E-state index contributed by atoms with van der Waals surface area (Å²) in [6.45, 7) is 5.53. The maximum absolute atomic E-state index is 10.9. The zero-order valence-corrected chi connectivity index (χ0v) is 7.14. The van der Waals surface area contributed by atoms with Crippen LogP contribution in [0.5, 0.6) is 0 Å². The van der Waals surface area contributed by atoms with E-state index < -0.39 is 0 Å². The van der Waals surface area contributed by atoms with E-state index >= 15 is 0 Å². The second-order valence-corrected chi connectivity index (χ2v) is 3.20. The highest BCUT2D eigenvalue weighted by molar-refractivity contribution is 5.69. The molecule has 3 heteroatoms. The van der Waals surface area contributed by atoms with Crippen LogP contribution < -0.4 is 5.32 Å². The first-order chi connectivity index (χ1) is 5.16. The van der Waals surface area contributed by atoms with E-state index in [1.54, 1.807) is 0 Å². The van der Waals surface area contributed by atoms with Crippen LogP contribution in [0.4, 0.5) is 0 Å². The molecule has 0 aromatic heterocycles. The molecule has 1 fully saturated rings. The molecule has 0 aliphatic carbocycles. The number of hydrogen-bond acceptors (Lipinski definition) is 3. The summed E-state index contributed by atoms with van der Waals surface area (Å²) in [4.78, 5) is 10.9. The van der Waals surface area contributed by atoms with E-state index in [0.717, 1.165) is 19.5 Å². The minimum Gasteiger partial charge on any atom is -0.458 e. The molecule has 0 saturated carbocycles. The minimum atomic E-state index is -0.243. The van der Waals surface area contributed by atoms with E-state index in [1.807, 2.05) is 13.8 Å². The fourth-order valence-electron chi connectivity index (χ4n) is 1.23. The zero-order valence-electron chi connectivity index (χ0n) is 7.14. The van der Waals surface area contributed by atoms with Crippen molar-refractivity contribution < 1.29 is 9.53 Å². The summed E-state index contributed by atoms with van der Waals surface area (Å²) in [7, 11) is 0. The van der Waals surface area contributed by atoms with Crippen molar-refractivity contribution >= 4 is 5.97 Å². The first-order valence-electron chi connectivity index (χ1n) is 4.09. The van der Waals surface area contributed by atoms with Crippen LogP contribution in [0.2, 0.25) is 0 Å². The molecule has 1 aliphatic heterocycles. The Morgan fingerprint density at radius 3 is 2.91 bits per heavy atom. The molecule has 1 heterocycles. The molecule has 0 bridgehead atoms. The molecule has 64 valence electrons. The third-order valence-corrected chi connectivity index (χ3v) is 1.98. The average molecular weight is 157 g/mol. The standard InChI is InChI=1S/C8H15NO2/c1-3-7(10)11-8(2)4-5-9-6-8/h9H,3-6H2,1-2H3. The molecular weight excluding hydrogens is 142 g/mol. The van der Waals surface area contributed by atoms with Crippen LogP contribution in [0, 0.1) is 0 Å². The van der Waals surface area contributed by atoms with Gasteiger partial charge in [-0.3, -0.25) is 4.79 Å². The Morgan fingerprint density at radius 2 is 2.45 bits per heavy atom. The van der Waals surface area contributed by atoms with E-state index in [-0.39, 0.29) is 11.6 Å². The first-order valence-corrected chi connectivity index (χ1v) is 4.09. The number of carbonyl (C=O) groups is 1. The Balaban J connectivity index is 2.39. The molecule has 0 spiro atoms. The molecule has 1 aliphatic rings. The molecule has 0 radical (unpaired) electrons. The predicted molar refractivity (Wildman–Crippen MR) is 42.3 cm³/mol. The van der Waals surface area contributed by atoms with E-state index in [0.29, 0.717) is 6.42 Å². The maximum Gasteiger partial charge on any atom is 0.306 e. The van der Waals surface area contributed by atoms with Crippen molar-refractivity contribution in [2.45, 2.75) is 32.3 Å². The lowest BCUT2D eigenvalue weighted by molar-refractivity contribution is -0.155. The van der Waals surface area contributed by atoms with Gasteiger partial charge in [0.2, 0.25) is 0 Å².